The van der Waals surface area contributed by atoms with Crippen LogP contribution in [0, 0.1) is 5.41 Å². The first-order valence-electron chi connectivity index (χ1n) is 5.35. The molecule has 84 valence electrons. The van der Waals surface area contributed by atoms with Crippen molar-refractivity contribution in [1.82, 2.24) is 0 Å². The van der Waals surface area contributed by atoms with E-state index in [9.17, 15) is 9.59 Å². The first kappa shape index (κ1) is 10.9. The van der Waals surface area contributed by atoms with Gasteiger partial charge in [-0.2, -0.15) is 0 Å². The normalized spacial score (nSPS) is 22.9. The third-order valence-corrected chi connectivity index (χ3v) is 3.37. The number of carbonyl (C=O) groups excluding carboxylic acids is 2. The summed E-state index contributed by atoms with van der Waals surface area (Å²) in [5.41, 5.74) is 7.83. The molecule has 1 amide bonds. The van der Waals surface area contributed by atoms with E-state index in [1.807, 2.05) is 25.1 Å². The van der Waals surface area contributed by atoms with Gasteiger partial charge < -0.3 is 5.73 Å². The van der Waals surface area contributed by atoms with Crippen molar-refractivity contribution in [1.29, 1.82) is 0 Å². The van der Waals surface area contributed by atoms with Gasteiger partial charge in [-0.3, -0.25) is 9.59 Å². The molecule has 3 heteroatoms. The second kappa shape index (κ2) is 3.44. The van der Waals surface area contributed by atoms with E-state index in [2.05, 4.69) is 0 Å². The molecule has 2 N–H and O–H groups in total. The van der Waals surface area contributed by atoms with Gasteiger partial charge in [-0.1, -0.05) is 19.1 Å². The molecule has 0 fully saturated rings. The first-order chi connectivity index (χ1) is 7.42. The lowest BCUT2D eigenvalue weighted by molar-refractivity contribution is -0.126. The van der Waals surface area contributed by atoms with Gasteiger partial charge in [-0.15, -0.1) is 0 Å². The van der Waals surface area contributed by atoms with Gasteiger partial charge in [-0.05, 0) is 37.0 Å². The van der Waals surface area contributed by atoms with Crippen LogP contribution in [0.15, 0.2) is 18.2 Å². The molecule has 0 radical (unpaired) electrons. The second-order valence-electron chi connectivity index (χ2n) is 4.82. The number of ketones is 1. The Balaban J connectivity index is 2.38. The van der Waals surface area contributed by atoms with Crippen LogP contribution in [-0.4, -0.2) is 11.7 Å². The van der Waals surface area contributed by atoms with Crippen molar-refractivity contribution in [2.75, 3.05) is 0 Å². The van der Waals surface area contributed by atoms with Gasteiger partial charge in [0.1, 0.15) is 0 Å². The number of amides is 1. The van der Waals surface area contributed by atoms with Crippen LogP contribution in [0.4, 0.5) is 0 Å². The van der Waals surface area contributed by atoms with Crippen molar-refractivity contribution in [3.8, 4) is 0 Å². The number of benzene rings is 1. The molecule has 3 nitrogen and oxygen atoms in total. The molecule has 0 aromatic heterocycles. The van der Waals surface area contributed by atoms with E-state index in [1.165, 1.54) is 0 Å². The molecule has 0 spiro atoms. The van der Waals surface area contributed by atoms with Crippen LogP contribution in [0.2, 0.25) is 0 Å². The molecule has 1 atom stereocenters. The average Bonchev–Trinajstić information content (AvgIpc) is 2.54. The van der Waals surface area contributed by atoms with E-state index in [1.54, 1.807) is 6.92 Å². The maximum atomic E-state index is 11.4. The van der Waals surface area contributed by atoms with Crippen LogP contribution >= 0.6 is 0 Å². The molecule has 0 heterocycles. The smallest absolute Gasteiger partial charge is 0.224 e. The number of fused-ring (bicyclic) bond motifs is 1. The summed E-state index contributed by atoms with van der Waals surface area (Å²) in [6.07, 6.45) is 1.31. The lowest BCUT2D eigenvalue weighted by Gasteiger charge is -2.17. The fraction of sp³-hybridized carbons (Fsp3) is 0.385. The van der Waals surface area contributed by atoms with Crippen molar-refractivity contribution < 1.29 is 9.59 Å². The minimum atomic E-state index is -0.488. The molecule has 1 aromatic rings. The van der Waals surface area contributed by atoms with Crippen LogP contribution < -0.4 is 5.73 Å². The highest BCUT2D eigenvalue weighted by molar-refractivity contribution is 5.94. The summed E-state index contributed by atoms with van der Waals surface area (Å²) in [5.74, 6) is -0.219. The molecule has 1 aliphatic rings. The van der Waals surface area contributed by atoms with Gasteiger partial charge in [0.25, 0.3) is 0 Å². The Morgan fingerprint density at radius 2 is 1.88 bits per heavy atom. The molecule has 16 heavy (non-hydrogen) atoms. The SMILES string of the molecule is CC(=O)c1ccc2c(c1)CC(C)(C(N)=O)C2. The molecule has 1 aliphatic carbocycles. The fourth-order valence-electron chi connectivity index (χ4n) is 2.26. The van der Waals surface area contributed by atoms with E-state index < -0.39 is 5.41 Å². The van der Waals surface area contributed by atoms with Crippen LogP contribution in [-0.2, 0) is 17.6 Å². The summed E-state index contributed by atoms with van der Waals surface area (Å²) < 4.78 is 0. The van der Waals surface area contributed by atoms with Crippen LogP contribution in [0.25, 0.3) is 0 Å². The first-order valence-corrected chi connectivity index (χ1v) is 5.35. The highest BCUT2D eigenvalue weighted by Gasteiger charge is 2.37. The van der Waals surface area contributed by atoms with E-state index in [-0.39, 0.29) is 11.7 Å². The van der Waals surface area contributed by atoms with E-state index in [4.69, 9.17) is 5.73 Å². The zero-order valence-electron chi connectivity index (χ0n) is 9.54. The predicted octanol–water partition coefficient (Wildman–Crippen LogP) is 1.48. The van der Waals surface area contributed by atoms with Crippen molar-refractivity contribution in [3.05, 3.63) is 34.9 Å². The second-order valence-corrected chi connectivity index (χ2v) is 4.82. The number of carbonyl (C=O) groups is 2. The van der Waals surface area contributed by atoms with E-state index >= 15 is 0 Å². The molecular weight excluding hydrogens is 202 g/mol. The number of nitrogens with two attached hydrogens (primary N) is 1. The fourth-order valence-corrected chi connectivity index (χ4v) is 2.26. The monoisotopic (exact) mass is 217 g/mol. The third kappa shape index (κ3) is 1.62. The van der Waals surface area contributed by atoms with Gasteiger partial charge in [-0.25, -0.2) is 0 Å². The maximum Gasteiger partial charge on any atom is 0.224 e. The predicted molar refractivity (Wildman–Crippen MR) is 61.2 cm³/mol. The zero-order valence-corrected chi connectivity index (χ0v) is 9.54. The highest BCUT2D eigenvalue weighted by atomic mass is 16.1. The van der Waals surface area contributed by atoms with Crippen molar-refractivity contribution in [2.24, 2.45) is 11.1 Å². The summed E-state index contributed by atoms with van der Waals surface area (Å²) in [6, 6.07) is 5.63. The van der Waals surface area contributed by atoms with E-state index in [0.717, 1.165) is 11.1 Å². The minimum Gasteiger partial charge on any atom is -0.369 e. The average molecular weight is 217 g/mol. The topological polar surface area (TPSA) is 60.2 Å². The van der Waals surface area contributed by atoms with Gasteiger partial charge in [0.05, 0.1) is 5.41 Å². The third-order valence-electron chi connectivity index (χ3n) is 3.37. The molecule has 0 bridgehead atoms. The molecule has 0 aliphatic heterocycles. The molecule has 0 saturated carbocycles. The Kier molecular flexibility index (Phi) is 2.34. The number of hydrogen-bond donors (Lipinski definition) is 1. The summed E-state index contributed by atoms with van der Waals surface area (Å²) in [7, 11) is 0. The Labute approximate surface area is 94.6 Å². The van der Waals surface area contributed by atoms with Crippen LogP contribution in [0.5, 0.6) is 0 Å². The molecule has 1 aromatic carbocycles. The summed E-state index contributed by atoms with van der Waals surface area (Å²) >= 11 is 0. The number of rotatable bonds is 2. The number of hydrogen-bond acceptors (Lipinski definition) is 2. The molecule has 0 saturated heterocycles. The Morgan fingerprint density at radius 3 is 2.44 bits per heavy atom. The Hall–Kier alpha value is -1.64. The van der Waals surface area contributed by atoms with Crippen molar-refractivity contribution >= 4 is 11.7 Å². The maximum absolute atomic E-state index is 11.4. The lowest BCUT2D eigenvalue weighted by Crippen LogP contribution is -2.34. The number of primary amides is 1. The van der Waals surface area contributed by atoms with Crippen molar-refractivity contribution in [2.45, 2.75) is 26.7 Å². The largest absolute Gasteiger partial charge is 0.369 e. The highest BCUT2D eigenvalue weighted by Crippen LogP contribution is 2.36. The lowest BCUT2D eigenvalue weighted by atomic mass is 9.86. The van der Waals surface area contributed by atoms with Gasteiger partial charge in [0.2, 0.25) is 5.91 Å². The zero-order chi connectivity index (χ0) is 11.9. The quantitative estimate of drug-likeness (QED) is 0.763. The minimum absolute atomic E-state index is 0.0514. The van der Waals surface area contributed by atoms with Gasteiger partial charge in [0, 0.05) is 5.56 Å². The molecular formula is C13H15NO2. The summed E-state index contributed by atoms with van der Waals surface area (Å²) in [4.78, 5) is 22.6. The van der Waals surface area contributed by atoms with Crippen LogP contribution in [0.3, 0.4) is 0 Å². The Bertz CT molecular complexity index is 479. The molecule has 1 unspecified atom stereocenters. The van der Waals surface area contributed by atoms with Gasteiger partial charge in [0.15, 0.2) is 5.78 Å². The van der Waals surface area contributed by atoms with E-state index in [0.29, 0.717) is 18.4 Å². The summed E-state index contributed by atoms with van der Waals surface area (Å²) in [6.45, 7) is 3.42. The number of Topliss-reactive ketones (excluding diaryl/α,β-unsaturated/α-hetero) is 1. The Morgan fingerprint density at radius 1 is 1.25 bits per heavy atom. The molecule has 2 rings (SSSR count). The van der Waals surface area contributed by atoms with Crippen LogP contribution in [0.1, 0.15) is 35.3 Å². The van der Waals surface area contributed by atoms with Crippen molar-refractivity contribution in [3.63, 3.8) is 0 Å². The summed E-state index contributed by atoms with van der Waals surface area (Å²) in [5, 5.41) is 0. The van der Waals surface area contributed by atoms with Gasteiger partial charge >= 0.3 is 0 Å². The standard InChI is InChI=1S/C13H15NO2/c1-8(15)9-3-4-10-6-13(2,12(14)16)7-11(10)5-9/h3-5H,6-7H2,1-2H3,(H2,14,16).